The third-order valence-electron chi connectivity index (χ3n) is 0.600. The third kappa shape index (κ3) is 21.3. The summed E-state index contributed by atoms with van der Waals surface area (Å²) in [5.41, 5.74) is 0. The molecule has 2 atom stereocenters. The molecule has 0 saturated carbocycles. The SMILES string of the molecule is O=P([O-])([O-])OP(=O)([O-])OP(=O)([O-])OP(=O)([O-])[O-].[Ba+2].[Ba+2].[Ba+2]. The molecule has 0 aliphatic carbocycles. The van der Waals surface area contributed by atoms with Crippen molar-refractivity contribution in [3.05, 3.63) is 0 Å². The fourth-order valence-electron chi connectivity index (χ4n) is 0.397. The van der Waals surface area contributed by atoms with Gasteiger partial charge in [-0.25, -0.2) is 4.31 Å². The van der Waals surface area contributed by atoms with E-state index < -0.39 is 31.3 Å². The van der Waals surface area contributed by atoms with Gasteiger partial charge < -0.3 is 38.5 Å². The van der Waals surface area contributed by atoms with Crippen LogP contribution < -0.4 is 29.4 Å². The molecule has 2 unspecified atom stereocenters. The second-order valence-corrected chi connectivity index (χ2v) is 7.57. The summed E-state index contributed by atoms with van der Waals surface area (Å²) >= 11 is 0. The van der Waals surface area contributed by atoms with Gasteiger partial charge >= 0.3 is 147 Å². The van der Waals surface area contributed by atoms with E-state index in [2.05, 4.69) is 12.9 Å². The van der Waals surface area contributed by atoms with Crippen LogP contribution in [-0.2, 0) is 31.2 Å². The molecule has 0 aliphatic rings. The predicted octanol–water partition coefficient (Wildman–Crippen LogP) is -5.51. The van der Waals surface area contributed by atoms with Crippen molar-refractivity contribution in [2.45, 2.75) is 0 Å². The minimum atomic E-state index is -6.26. The largest absolute Gasteiger partial charge is 2.00 e. The molecule has 13 nitrogen and oxygen atoms in total. The van der Waals surface area contributed by atoms with Crippen LogP contribution in [0.2, 0.25) is 0 Å². The van der Waals surface area contributed by atoms with Crippen LogP contribution in [0.1, 0.15) is 0 Å². The standard InChI is InChI=1S/3Ba.H6O13P4/c;;;1-14(2,3)11-16(7,8)13-17(9,10)12-15(4,5)6/h;;;(H,7,8)(H,9,10)(H2,1,2,3)(H2,4,5,6)/q3*+2;/p-6. The molecule has 0 spiro atoms. The Balaban J connectivity index is -0.000000427. The van der Waals surface area contributed by atoms with Gasteiger partial charge in [0.15, 0.2) is 0 Å². The Morgan fingerprint density at radius 2 is 0.700 bits per heavy atom. The van der Waals surface area contributed by atoms with E-state index in [1.807, 2.05) is 0 Å². The summed E-state index contributed by atoms with van der Waals surface area (Å²) in [6, 6.07) is 0. The van der Waals surface area contributed by atoms with Gasteiger partial charge in [-0.3, -0.25) is 17.8 Å². The maximum Gasteiger partial charge on any atom is 2.00 e. The zero-order chi connectivity index (χ0) is 14.1. The van der Waals surface area contributed by atoms with E-state index in [1.165, 1.54) is 0 Å². The van der Waals surface area contributed by atoms with E-state index in [4.69, 9.17) is 0 Å². The summed E-state index contributed by atoms with van der Waals surface area (Å²) in [4.78, 5) is 60.0. The van der Waals surface area contributed by atoms with Crippen molar-refractivity contribution in [1.29, 1.82) is 0 Å². The Morgan fingerprint density at radius 3 is 0.850 bits per heavy atom. The molecule has 20 heavy (non-hydrogen) atoms. The maximum atomic E-state index is 10.4. The van der Waals surface area contributed by atoms with Crippen molar-refractivity contribution in [3.63, 3.8) is 0 Å². The first-order chi connectivity index (χ1) is 7.12. The van der Waals surface area contributed by atoms with Crippen LogP contribution in [0.3, 0.4) is 0 Å². The quantitative estimate of drug-likeness (QED) is 0.183. The fourth-order valence-corrected chi connectivity index (χ4v) is 4.11. The Hall–Kier alpha value is 5.27. The Morgan fingerprint density at radius 1 is 0.500 bits per heavy atom. The van der Waals surface area contributed by atoms with Crippen LogP contribution >= 0.6 is 31.3 Å². The molecule has 0 amide bonds. The van der Waals surface area contributed by atoms with Crippen molar-refractivity contribution in [1.82, 2.24) is 0 Å². The number of hydrogen-bond donors (Lipinski definition) is 0. The normalized spacial score (nSPS) is 17.5. The average Bonchev–Trinajstić information content (AvgIpc) is 1.65. The molecule has 0 aliphatic heterocycles. The Bertz CT molecular complexity index is 414. The van der Waals surface area contributed by atoms with E-state index in [9.17, 15) is 47.6 Å². The summed E-state index contributed by atoms with van der Waals surface area (Å²) in [7, 11) is -24.9. The van der Waals surface area contributed by atoms with Crippen LogP contribution in [0.25, 0.3) is 0 Å². The molecule has 0 fully saturated rings. The van der Waals surface area contributed by atoms with Crippen LogP contribution in [-0.4, -0.2) is 147 Å². The second-order valence-electron chi connectivity index (χ2n) is 2.03. The van der Waals surface area contributed by atoms with Crippen LogP contribution in [0.5, 0.6) is 0 Å². The van der Waals surface area contributed by atoms with Gasteiger partial charge in [0, 0.05) is 0 Å². The molecule has 0 aromatic rings. The van der Waals surface area contributed by atoms with Gasteiger partial charge in [-0.1, -0.05) is 0 Å². The number of rotatable bonds is 6. The van der Waals surface area contributed by atoms with Crippen molar-refractivity contribution in [2.24, 2.45) is 0 Å². The topological polar surface area (TPSA) is 234 Å². The molecular weight excluding hydrogens is 744 g/mol. The first-order valence-electron chi connectivity index (χ1n) is 2.92. The summed E-state index contributed by atoms with van der Waals surface area (Å²) < 4.78 is 48.5. The molecule has 0 radical (unpaired) electrons. The molecular formula is Ba3O13P4. The van der Waals surface area contributed by atoms with Crippen LogP contribution in [0.4, 0.5) is 0 Å². The van der Waals surface area contributed by atoms with Gasteiger partial charge in [-0.15, -0.1) is 0 Å². The molecule has 0 heterocycles. The van der Waals surface area contributed by atoms with Crippen molar-refractivity contribution in [2.75, 3.05) is 0 Å². The van der Waals surface area contributed by atoms with E-state index in [0.29, 0.717) is 0 Å². The molecule has 20 heteroatoms. The van der Waals surface area contributed by atoms with Gasteiger partial charge in [0.2, 0.25) is 0 Å². The van der Waals surface area contributed by atoms with Gasteiger partial charge in [-0.05, 0) is 0 Å². The maximum absolute atomic E-state index is 10.4. The monoisotopic (exact) mass is 746 g/mol. The number of hydrogen-bond acceptors (Lipinski definition) is 13. The van der Waals surface area contributed by atoms with E-state index >= 15 is 0 Å². The Kier molecular flexibility index (Phi) is 20.8. The van der Waals surface area contributed by atoms with E-state index in [1.54, 1.807) is 0 Å². The van der Waals surface area contributed by atoms with Gasteiger partial charge in [0.05, 0.1) is 15.6 Å². The second kappa shape index (κ2) is 12.6. The molecule has 104 valence electrons. The zero-order valence-electron chi connectivity index (χ0n) is 9.22. The summed E-state index contributed by atoms with van der Waals surface area (Å²) in [5, 5.41) is 0. The van der Waals surface area contributed by atoms with Gasteiger partial charge in [0.25, 0.3) is 15.6 Å². The molecule has 0 N–H and O–H groups in total. The average molecular weight is 744 g/mol. The first-order valence-corrected chi connectivity index (χ1v) is 8.76. The molecule has 0 bridgehead atoms. The van der Waals surface area contributed by atoms with Crippen molar-refractivity contribution < 1.29 is 60.6 Å². The number of phosphoric acid groups is 4. The van der Waals surface area contributed by atoms with E-state index in [0.717, 1.165) is 0 Å². The van der Waals surface area contributed by atoms with Gasteiger partial charge in [0.1, 0.15) is 0 Å². The molecule has 0 aromatic carbocycles. The zero-order valence-corrected chi connectivity index (χ0v) is 26.1. The molecule has 0 saturated heterocycles. The predicted molar refractivity (Wildman–Crippen MR) is 50.9 cm³/mol. The molecule has 0 aromatic heterocycles. The summed E-state index contributed by atoms with van der Waals surface area (Å²) in [6.45, 7) is 0. The van der Waals surface area contributed by atoms with E-state index in [-0.39, 0.29) is 147 Å². The third-order valence-corrected chi connectivity index (χ3v) is 5.40. The van der Waals surface area contributed by atoms with Crippen molar-refractivity contribution in [3.8, 4) is 0 Å². The Labute approximate surface area is 232 Å². The first kappa shape index (κ1) is 32.9. The summed E-state index contributed by atoms with van der Waals surface area (Å²) in [6.07, 6.45) is 0. The van der Waals surface area contributed by atoms with Crippen LogP contribution in [0.15, 0.2) is 0 Å². The van der Waals surface area contributed by atoms with Crippen LogP contribution in [0, 0.1) is 0 Å². The fraction of sp³-hybridized carbons (Fsp3) is 0. The summed E-state index contributed by atoms with van der Waals surface area (Å²) in [5.74, 6) is 0. The minimum absolute atomic E-state index is 0. The minimum Gasteiger partial charge on any atom is -0.790 e. The van der Waals surface area contributed by atoms with Gasteiger partial charge in [-0.2, -0.15) is 0 Å². The smallest absolute Gasteiger partial charge is 0.790 e. The van der Waals surface area contributed by atoms with Crippen molar-refractivity contribution >= 4 is 178 Å². The molecule has 0 rings (SSSR count).